The molecule has 0 atom stereocenters. The summed E-state index contributed by atoms with van der Waals surface area (Å²) in [7, 11) is 0. The van der Waals surface area contributed by atoms with Crippen molar-refractivity contribution < 1.29 is 5.11 Å². The largest absolute Gasteiger partial charge is 0.398 e. The minimum atomic E-state index is 0.124. The number of thioether (sulfide) groups is 1. The highest BCUT2D eigenvalue weighted by Crippen LogP contribution is 2.30. The highest BCUT2D eigenvalue weighted by molar-refractivity contribution is 7.98. The Morgan fingerprint density at radius 3 is 2.44 bits per heavy atom. The molecule has 2 aromatic rings. The van der Waals surface area contributed by atoms with Crippen LogP contribution in [0.4, 0.5) is 5.69 Å². The van der Waals surface area contributed by atoms with E-state index in [1.165, 1.54) is 4.90 Å². The van der Waals surface area contributed by atoms with Crippen molar-refractivity contribution in [1.29, 1.82) is 0 Å². The number of hydrogen-bond acceptors (Lipinski definition) is 3. The highest BCUT2D eigenvalue weighted by atomic mass is 32.2. The van der Waals surface area contributed by atoms with Crippen molar-refractivity contribution in [3.05, 3.63) is 48.0 Å². The number of aliphatic hydroxyl groups is 1. The van der Waals surface area contributed by atoms with Gasteiger partial charge in [0.05, 0.1) is 0 Å². The summed E-state index contributed by atoms with van der Waals surface area (Å²) in [5.74, 6) is 0. The summed E-state index contributed by atoms with van der Waals surface area (Å²) < 4.78 is 0. The van der Waals surface area contributed by atoms with Crippen LogP contribution in [0.25, 0.3) is 11.1 Å². The Morgan fingerprint density at radius 1 is 1.11 bits per heavy atom. The molecule has 2 rings (SSSR count). The molecule has 0 bridgehead atoms. The van der Waals surface area contributed by atoms with Gasteiger partial charge in [0.25, 0.3) is 0 Å². The first-order valence-electron chi connectivity index (χ1n) is 5.89. The molecule has 3 N–H and O–H groups in total. The van der Waals surface area contributed by atoms with Crippen LogP contribution in [0.5, 0.6) is 0 Å². The maximum atomic E-state index is 9.02. The lowest BCUT2D eigenvalue weighted by Gasteiger charge is -2.11. The van der Waals surface area contributed by atoms with Gasteiger partial charge >= 0.3 is 0 Å². The molecule has 2 aromatic carbocycles. The van der Waals surface area contributed by atoms with Crippen molar-refractivity contribution in [2.45, 2.75) is 11.3 Å². The first kappa shape index (κ1) is 13.0. The van der Waals surface area contributed by atoms with Crippen LogP contribution in [0.3, 0.4) is 0 Å². The van der Waals surface area contributed by atoms with Gasteiger partial charge < -0.3 is 10.8 Å². The molecule has 0 aliphatic heterocycles. The SMILES string of the molecule is CSc1ccc(-c2cccc(CCO)c2N)cc1. The Labute approximate surface area is 112 Å². The van der Waals surface area contributed by atoms with E-state index in [4.69, 9.17) is 10.8 Å². The van der Waals surface area contributed by atoms with Gasteiger partial charge in [-0.1, -0.05) is 30.3 Å². The number of aliphatic hydroxyl groups excluding tert-OH is 1. The molecule has 94 valence electrons. The number of nitrogens with two attached hydrogens (primary N) is 1. The molecule has 0 aromatic heterocycles. The van der Waals surface area contributed by atoms with Gasteiger partial charge in [0.2, 0.25) is 0 Å². The van der Waals surface area contributed by atoms with Gasteiger partial charge in [0.15, 0.2) is 0 Å². The van der Waals surface area contributed by atoms with Crippen LogP contribution in [0, 0.1) is 0 Å². The Hall–Kier alpha value is -1.45. The molecule has 0 unspecified atom stereocenters. The Kier molecular flexibility index (Phi) is 4.28. The zero-order valence-electron chi connectivity index (χ0n) is 10.4. The molecular formula is C15H17NOS. The van der Waals surface area contributed by atoms with Crippen molar-refractivity contribution in [3.8, 4) is 11.1 Å². The van der Waals surface area contributed by atoms with E-state index < -0.39 is 0 Å². The van der Waals surface area contributed by atoms with E-state index in [2.05, 4.69) is 30.5 Å². The van der Waals surface area contributed by atoms with Crippen molar-refractivity contribution in [2.24, 2.45) is 0 Å². The summed E-state index contributed by atoms with van der Waals surface area (Å²) in [5.41, 5.74) is 10.1. The molecule has 0 radical (unpaired) electrons. The van der Waals surface area contributed by atoms with Gasteiger partial charge in [-0.2, -0.15) is 0 Å². The second-order valence-electron chi connectivity index (χ2n) is 4.08. The number of anilines is 1. The van der Waals surface area contributed by atoms with Crippen molar-refractivity contribution in [1.82, 2.24) is 0 Å². The molecule has 18 heavy (non-hydrogen) atoms. The maximum Gasteiger partial charge on any atom is 0.0472 e. The molecule has 0 amide bonds. The quantitative estimate of drug-likeness (QED) is 0.655. The molecule has 0 heterocycles. The van der Waals surface area contributed by atoms with E-state index in [1.54, 1.807) is 11.8 Å². The van der Waals surface area contributed by atoms with Gasteiger partial charge in [-0.25, -0.2) is 0 Å². The van der Waals surface area contributed by atoms with E-state index >= 15 is 0 Å². The predicted molar refractivity (Wildman–Crippen MR) is 78.9 cm³/mol. The van der Waals surface area contributed by atoms with Crippen LogP contribution in [-0.4, -0.2) is 18.0 Å². The zero-order chi connectivity index (χ0) is 13.0. The lowest BCUT2D eigenvalue weighted by Crippen LogP contribution is -1.99. The van der Waals surface area contributed by atoms with Crippen LogP contribution >= 0.6 is 11.8 Å². The van der Waals surface area contributed by atoms with Crippen LogP contribution in [-0.2, 0) is 6.42 Å². The van der Waals surface area contributed by atoms with Gasteiger partial charge in [-0.05, 0) is 35.9 Å². The summed E-state index contributed by atoms with van der Waals surface area (Å²) in [6.45, 7) is 0.124. The summed E-state index contributed by atoms with van der Waals surface area (Å²) in [5, 5.41) is 9.02. The normalized spacial score (nSPS) is 10.6. The standard InChI is InChI=1S/C15H17NOS/c1-18-13-7-5-11(6-8-13)14-4-2-3-12(9-10-17)15(14)16/h2-8,17H,9-10,16H2,1H3. The third-order valence-electron chi connectivity index (χ3n) is 2.98. The molecule has 0 aliphatic carbocycles. The lowest BCUT2D eigenvalue weighted by molar-refractivity contribution is 0.300. The van der Waals surface area contributed by atoms with Crippen molar-refractivity contribution in [3.63, 3.8) is 0 Å². The molecule has 0 aliphatic rings. The monoisotopic (exact) mass is 259 g/mol. The average Bonchev–Trinajstić information content (AvgIpc) is 2.42. The van der Waals surface area contributed by atoms with Crippen LogP contribution < -0.4 is 5.73 Å². The van der Waals surface area contributed by atoms with E-state index in [0.29, 0.717) is 6.42 Å². The molecule has 2 nitrogen and oxygen atoms in total. The number of para-hydroxylation sites is 1. The van der Waals surface area contributed by atoms with E-state index in [9.17, 15) is 0 Å². The van der Waals surface area contributed by atoms with Crippen LogP contribution in [0.2, 0.25) is 0 Å². The fourth-order valence-electron chi connectivity index (χ4n) is 1.97. The third-order valence-corrected chi connectivity index (χ3v) is 3.72. The predicted octanol–water partition coefficient (Wildman–Crippen LogP) is 3.19. The number of benzene rings is 2. The van der Waals surface area contributed by atoms with Gasteiger partial charge in [-0.3, -0.25) is 0 Å². The maximum absolute atomic E-state index is 9.02. The fourth-order valence-corrected chi connectivity index (χ4v) is 2.38. The summed E-state index contributed by atoms with van der Waals surface area (Å²) >= 11 is 1.72. The molecule has 0 saturated heterocycles. The van der Waals surface area contributed by atoms with Gasteiger partial charge in [-0.15, -0.1) is 11.8 Å². The Balaban J connectivity index is 2.40. The molecule has 3 heteroatoms. The molecule has 0 fully saturated rings. The Bertz CT molecular complexity index is 523. The fraction of sp³-hybridized carbons (Fsp3) is 0.200. The van der Waals surface area contributed by atoms with E-state index in [0.717, 1.165) is 22.4 Å². The van der Waals surface area contributed by atoms with Crippen LogP contribution in [0.1, 0.15) is 5.56 Å². The minimum Gasteiger partial charge on any atom is -0.398 e. The summed E-state index contributed by atoms with van der Waals surface area (Å²) in [4.78, 5) is 1.24. The van der Waals surface area contributed by atoms with Crippen LogP contribution in [0.15, 0.2) is 47.4 Å². The molecular weight excluding hydrogens is 242 g/mol. The number of hydrogen-bond donors (Lipinski definition) is 2. The number of nitrogen functional groups attached to an aromatic ring is 1. The first-order chi connectivity index (χ1) is 8.76. The summed E-state index contributed by atoms with van der Waals surface area (Å²) in [6, 6.07) is 14.3. The van der Waals surface area contributed by atoms with Crippen molar-refractivity contribution in [2.75, 3.05) is 18.6 Å². The van der Waals surface area contributed by atoms with E-state index in [1.807, 2.05) is 18.2 Å². The first-order valence-corrected chi connectivity index (χ1v) is 7.11. The highest BCUT2D eigenvalue weighted by Gasteiger charge is 2.06. The van der Waals surface area contributed by atoms with E-state index in [-0.39, 0.29) is 6.61 Å². The zero-order valence-corrected chi connectivity index (χ0v) is 11.2. The van der Waals surface area contributed by atoms with Gasteiger partial charge in [0, 0.05) is 22.8 Å². The third kappa shape index (κ3) is 2.68. The van der Waals surface area contributed by atoms with Gasteiger partial charge in [0.1, 0.15) is 0 Å². The topological polar surface area (TPSA) is 46.2 Å². The van der Waals surface area contributed by atoms with Crippen molar-refractivity contribution >= 4 is 17.4 Å². The average molecular weight is 259 g/mol. The second-order valence-corrected chi connectivity index (χ2v) is 4.96. The molecule has 0 spiro atoms. The smallest absolute Gasteiger partial charge is 0.0472 e. The molecule has 0 saturated carbocycles. The Morgan fingerprint density at radius 2 is 1.83 bits per heavy atom. The minimum absolute atomic E-state index is 0.124. The number of rotatable bonds is 4. The lowest BCUT2D eigenvalue weighted by atomic mass is 9.99. The second kappa shape index (κ2) is 5.94. The summed E-state index contributed by atoms with van der Waals surface area (Å²) in [6.07, 6.45) is 2.66.